The van der Waals surface area contributed by atoms with Gasteiger partial charge in [-0.05, 0) is 61.7 Å². The zero-order valence-electron chi connectivity index (χ0n) is 22.7. The smallest absolute Gasteiger partial charge is 0.227 e. The van der Waals surface area contributed by atoms with Crippen molar-refractivity contribution < 1.29 is 14.0 Å². The van der Waals surface area contributed by atoms with Crippen molar-refractivity contribution in [3.63, 3.8) is 0 Å². The minimum Gasteiger partial charge on any atom is -0.335 e. The first kappa shape index (κ1) is 26.1. The molecule has 0 aliphatic heterocycles. The first-order chi connectivity index (χ1) is 20.4. The van der Waals surface area contributed by atoms with Crippen LogP contribution in [0.15, 0.2) is 55.0 Å². The Morgan fingerprint density at radius 3 is 2.71 bits per heavy atom. The van der Waals surface area contributed by atoms with Crippen molar-refractivity contribution in [1.29, 1.82) is 0 Å². The fourth-order valence-electron chi connectivity index (χ4n) is 5.60. The SMILES string of the molecule is CC(=O)c1ccc(-c2ccnc3nc(-c4[nH]nc5c(F)cc(-c6cncc(NC(=O)C7CCCCC7)c6)cc45)[nH]c23)s1. The number of halogens is 1. The van der Waals surface area contributed by atoms with Gasteiger partial charge in [-0.2, -0.15) is 5.10 Å². The van der Waals surface area contributed by atoms with Crippen LogP contribution < -0.4 is 5.32 Å². The van der Waals surface area contributed by atoms with E-state index in [0.29, 0.717) is 49.8 Å². The number of thiophene rings is 1. The summed E-state index contributed by atoms with van der Waals surface area (Å²) in [5.41, 5.74) is 4.59. The van der Waals surface area contributed by atoms with Crippen LogP contribution in [-0.2, 0) is 4.79 Å². The lowest BCUT2D eigenvalue weighted by molar-refractivity contribution is -0.120. The Bertz CT molecular complexity index is 1990. The first-order valence-electron chi connectivity index (χ1n) is 13.8. The minimum atomic E-state index is -0.494. The number of carbonyl (C=O) groups is 2. The summed E-state index contributed by atoms with van der Waals surface area (Å²) in [5, 5.41) is 10.7. The van der Waals surface area contributed by atoms with Gasteiger partial charge < -0.3 is 10.3 Å². The van der Waals surface area contributed by atoms with E-state index in [0.717, 1.165) is 36.1 Å². The van der Waals surface area contributed by atoms with Gasteiger partial charge in [-0.1, -0.05) is 19.3 Å². The molecule has 1 aromatic carbocycles. The maximum absolute atomic E-state index is 15.3. The predicted octanol–water partition coefficient (Wildman–Crippen LogP) is 7.15. The summed E-state index contributed by atoms with van der Waals surface area (Å²) in [6.07, 6.45) is 10.0. The van der Waals surface area contributed by atoms with E-state index >= 15 is 4.39 Å². The van der Waals surface area contributed by atoms with E-state index in [2.05, 4.69) is 35.5 Å². The number of amides is 1. The molecule has 0 spiro atoms. The van der Waals surface area contributed by atoms with Crippen LogP contribution >= 0.6 is 11.3 Å². The number of imidazole rings is 1. The highest BCUT2D eigenvalue weighted by atomic mass is 32.1. The van der Waals surface area contributed by atoms with Crippen molar-refractivity contribution in [2.24, 2.45) is 5.92 Å². The molecule has 0 saturated heterocycles. The Labute approximate surface area is 243 Å². The quantitative estimate of drug-likeness (QED) is 0.180. The van der Waals surface area contributed by atoms with Gasteiger partial charge >= 0.3 is 0 Å². The van der Waals surface area contributed by atoms with E-state index in [1.807, 2.05) is 30.3 Å². The van der Waals surface area contributed by atoms with E-state index in [4.69, 9.17) is 0 Å². The Morgan fingerprint density at radius 1 is 1.05 bits per heavy atom. The van der Waals surface area contributed by atoms with E-state index in [1.54, 1.807) is 25.5 Å². The molecule has 0 bridgehead atoms. The van der Waals surface area contributed by atoms with Gasteiger partial charge in [0.25, 0.3) is 0 Å². The maximum Gasteiger partial charge on any atom is 0.227 e. The number of nitrogens with one attached hydrogen (secondary N) is 3. The molecule has 11 heteroatoms. The molecule has 3 N–H and O–H groups in total. The summed E-state index contributed by atoms with van der Waals surface area (Å²) < 4.78 is 15.3. The zero-order valence-corrected chi connectivity index (χ0v) is 23.5. The normalized spacial score (nSPS) is 14.0. The number of rotatable bonds is 6. The van der Waals surface area contributed by atoms with Crippen LogP contribution in [0.1, 0.15) is 48.7 Å². The molecular formula is C31H26FN7O2S. The van der Waals surface area contributed by atoms with E-state index in [1.165, 1.54) is 23.8 Å². The average Bonchev–Trinajstić information content (AvgIpc) is 3.76. The highest BCUT2D eigenvalue weighted by Crippen LogP contribution is 2.36. The van der Waals surface area contributed by atoms with Crippen LogP contribution in [-0.4, -0.2) is 41.8 Å². The number of anilines is 1. The van der Waals surface area contributed by atoms with Crippen molar-refractivity contribution in [1.82, 2.24) is 30.1 Å². The zero-order chi connectivity index (χ0) is 28.8. The van der Waals surface area contributed by atoms with Crippen LogP contribution in [0.3, 0.4) is 0 Å². The highest BCUT2D eigenvalue weighted by molar-refractivity contribution is 7.17. The summed E-state index contributed by atoms with van der Waals surface area (Å²) in [6, 6.07) is 10.6. The fraction of sp³-hybridized carbons (Fsp3) is 0.226. The second kappa shape index (κ2) is 10.6. The molecule has 9 nitrogen and oxygen atoms in total. The van der Waals surface area contributed by atoms with Gasteiger partial charge in [0.05, 0.1) is 22.3 Å². The van der Waals surface area contributed by atoms with Crippen molar-refractivity contribution in [2.75, 3.05) is 5.32 Å². The topological polar surface area (TPSA) is 129 Å². The molecule has 5 heterocycles. The number of hydrogen-bond donors (Lipinski definition) is 3. The number of Topliss-reactive ketones (excluding diaryl/α,β-unsaturated/α-hetero) is 1. The fourth-order valence-corrected chi connectivity index (χ4v) is 6.54. The van der Waals surface area contributed by atoms with E-state index in [9.17, 15) is 9.59 Å². The lowest BCUT2D eigenvalue weighted by Gasteiger charge is -2.20. The lowest BCUT2D eigenvalue weighted by Crippen LogP contribution is -2.24. The summed E-state index contributed by atoms with van der Waals surface area (Å²) in [4.78, 5) is 42.9. The van der Waals surface area contributed by atoms with Gasteiger partial charge in [0.15, 0.2) is 23.1 Å². The van der Waals surface area contributed by atoms with E-state index in [-0.39, 0.29) is 23.1 Å². The summed E-state index contributed by atoms with van der Waals surface area (Å²) in [5.74, 6) is -0.00771. The minimum absolute atomic E-state index is 0.00494. The summed E-state index contributed by atoms with van der Waals surface area (Å²) in [6.45, 7) is 1.54. The standard InChI is InChI=1S/C31H26FN7O2S/c1-16(40)24-7-8-25(42-24)21-9-10-34-29-27(21)36-30(37-29)28-22-12-18(13-23(32)26(22)38-39-28)19-11-20(15-33-14-19)35-31(41)17-5-3-2-4-6-17/h7-15,17H,2-6H2,1H3,(H,35,41)(H,38,39)(H,34,36,37). The highest BCUT2D eigenvalue weighted by Gasteiger charge is 2.22. The average molecular weight is 580 g/mol. The molecule has 5 aromatic heterocycles. The molecule has 6 aromatic rings. The molecule has 1 aliphatic rings. The van der Waals surface area contributed by atoms with Crippen LogP contribution in [0.4, 0.5) is 10.1 Å². The summed E-state index contributed by atoms with van der Waals surface area (Å²) in [7, 11) is 0. The molecule has 42 heavy (non-hydrogen) atoms. The Balaban J connectivity index is 1.25. The van der Waals surface area contributed by atoms with Crippen LogP contribution in [0, 0.1) is 11.7 Å². The lowest BCUT2D eigenvalue weighted by atomic mass is 9.88. The molecule has 1 amide bonds. The number of benzene rings is 1. The molecule has 1 fully saturated rings. The van der Waals surface area contributed by atoms with Crippen LogP contribution in [0.25, 0.3) is 55.2 Å². The van der Waals surface area contributed by atoms with Gasteiger partial charge in [-0.15, -0.1) is 11.3 Å². The molecule has 0 atom stereocenters. The molecule has 0 unspecified atom stereocenters. The molecule has 210 valence electrons. The van der Waals surface area contributed by atoms with Gasteiger partial charge in [0.1, 0.15) is 11.2 Å². The second-order valence-electron chi connectivity index (χ2n) is 10.6. The molecule has 1 aliphatic carbocycles. The van der Waals surface area contributed by atoms with Crippen molar-refractivity contribution in [2.45, 2.75) is 39.0 Å². The van der Waals surface area contributed by atoms with E-state index < -0.39 is 5.82 Å². The van der Waals surface area contributed by atoms with Crippen LogP contribution in [0.5, 0.6) is 0 Å². The number of aromatic nitrogens is 6. The number of ketones is 1. The number of pyridine rings is 2. The van der Waals surface area contributed by atoms with Gasteiger partial charge in [-0.25, -0.2) is 14.4 Å². The number of hydrogen-bond acceptors (Lipinski definition) is 7. The van der Waals surface area contributed by atoms with Gasteiger partial charge in [0, 0.05) is 39.7 Å². The first-order valence-corrected chi connectivity index (χ1v) is 14.7. The number of carbonyl (C=O) groups excluding carboxylic acids is 2. The van der Waals surface area contributed by atoms with Gasteiger partial charge in [0.2, 0.25) is 5.91 Å². The third-order valence-corrected chi connectivity index (χ3v) is 8.99. The monoisotopic (exact) mass is 579 g/mol. The van der Waals surface area contributed by atoms with Crippen molar-refractivity contribution >= 4 is 50.8 Å². The molecule has 7 rings (SSSR count). The largest absolute Gasteiger partial charge is 0.335 e. The third-order valence-electron chi connectivity index (χ3n) is 7.77. The molecular weight excluding hydrogens is 553 g/mol. The number of fused-ring (bicyclic) bond motifs is 2. The van der Waals surface area contributed by atoms with Crippen molar-refractivity contribution in [3.8, 4) is 33.1 Å². The number of nitrogens with zero attached hydrogens (tertiary/aromatic N) is 4. The van der Waals surface area contributed by atoms with Crippen molar-refractivity contribution in [3.05, 3.63) is 65.7 Å². The number of aromatic amines is 2. The second-order valence-corrected chi connectivity index (χ2v) is 11.7. The van der Waals surface area contributed by atoms with Gasteiger partial charge in [-0.3, -0.25) is 19.7 Å². The Morgan fingerprint density at radius 2 is 1.90 bits per heavy atom. The maximum atomic E-state index is 15.3. The molecule has 1 saturated carbocycles. The number of H-pyrrole nitrogens is 2. The summed E-state index contributed by atoms with van der Waals surface area (Å²) >= 11 is 1.41. The molecule has 0 radical (unpaired) electrons. The third kappa shape index (κ3) is 4.75. The van der Waals surface area contributed by atoms with Crippen LogP contribution in [0.2, 0.25) is 0 Å². The Hall–Kier alpha value is -4.77. The predicted molar refractivity (Wildman–Crippen MR) is 161 cm³/mol. The Kier molecular flexibility index (Phi) is 6.58.